The van der Waals surface area contributed by atoms with Crippen molar-refractivity contribution in [1.29, 1.82) is 0 Å². The Labute approximate surface area is 171 Å². The Hall–Kier alpha value is -3.15. The number of nitrogens with zero attached hydrogens (tertiary/aromatic N) is 3. The molecule has 2 heterocycles. The number of carboxylic acid groups (broad SMARTS) is 1. The summed E-state index contributed by atoms with van der Waals surface area (Å²) >= 11 is 0. The van der Waals surface area contributed by atoms with Crippen LogP contribution in [0.3, 0.4) is 0 Å². The maximum absolute atomic E-state index is 11.2. The highest BCUT2D eigenvalue weighted by Crippen LogP contribution is 2.33. The van der Waals surface area contributed by atoms with Gasteiger partial charge in [0.05, 0.1) is 17.7 Å². The van der Waals surface area contributed by atoms with E-state index in [9.17, 15) is 15.1 Å². The van der Waals surface area contributed by atoms with Crippen LogP contribution in [0.25, 0.3) is 11.4 Å². The van der Waals surface area contributed by atoms with Crippen molar-refractivity contribution in [2.75, 3.05) is 6.54 Å². The highest BCUT2D eigenvalue weighted by molar-refractivity contribution is 5.87. The monoisotopic (exact) mass is 412 g/mol. The molecule has 1 aromatic heterocycles. The van der Waals surface area contributed by atoms with Crippen LogP contribution in [0.5, 0.6) is 0 Å². The van der Waals surface area contributed by atoms with Gasteiger partial charge in [0.15, 0.2) is 5.69 Å². The first-order valence-corrected chi connectivity index (χ1v) is 9.32. The van der Waals surface area contributed by atoms with Crippen LogP contribution in [-0.4, -0.2) is 49.1 Å². The standard InChI is InChI=1S/C20H20N4O6/c25-16-9-17(23(11-16)10-12-4-6-13(7-5-12)20(26)27)19-21-18(22-30-19)14-2-1-3-15(8-14)24(28)29/h1-8,16-17,24-25,28H,9-11H2,(H,26,27)/t16-,17+/m1/s1. The first-order valence-electron chi connectivity index (χ1n) is 9.32. The summed E-state index contributed by atoms with van der Waals surface area (Å²) in [6.45, 7) is 0.894. The molecule has 0 aliphatic carbocycles. The van der Waals surface area contributed by atoms with Crippen LogP contribution in [0.1, 0.15) is 34.3 Å². The third-order valence-electron chi connectivity index (χ3n) is 5.06. The molecule has 0 radical (unpaired) electrons. The number of rotatable bonds is 6. The van der Waals surface area contributed by atoms with Crippen LogP contribution in [0.15, 0.2) is 53.1 Å². The minimum Gasteiger partial charge on any atom is -0.595 e. The van der Waals surface area contributed by atoms with E-state index in [1.165, 1.54) is 12.1 Å². The fourth-order valence-electron chi connectivity index (χ4n) is 3.58. The normalized spacial score (nSPS) is 20.4. The minimum absolute atomic E-state index is 0.126. The molecule has 30 heavy (non-hydrogen) atoms. The van der Waals surface area contributed by atoms with Crippen molar-refractivity contribution in [3.05, 3.63) is 70.8 Å². The van der Waals surface area contributed by atoms with E-state index >= 15 is 0 Å². The zero-order valence-electron chi connectivity index (χ0n) is 15.8. The lowest BCUT2D eigenvalue weighted by Gasteiger charge is -2.21. The molecular formula is C20H20N4O6. The number of carbonyl (C=O) groups is 1. The van der Waals surface area contributed by atoms with Crippen molar-refractivity contribution in [2.24, 2.45) is 0 Å². The van der Waals surface area contributed by atoms with Crippen LogP contribution in [0.4, 0.5) is 5.69 Å². The summed E-state index contributed by atoms with van der Waals surface area (Å²) in [5.74, 6) is -0.369. The molecule has 0 saturated carbocycles. The van der Waals surface area contributed by atoms with Gasteiger partial charge in [0.2, 0.25) is 11.7 Å². The molecule has 1 fully saturated rings. The van der Waals surface area contributed by atoms with Crippen molar-refractivity contribution in [1.82, 2.24) is 15.0 Å². The Morgan fingerprint density at radius 3 is 2.73 bits per heavy atom. The molecule has 156 valence electrons. The molecule has 2 aromatic carbocycles. The van der Waals surface area contributed by atoms with E-state index in [4.69, 9.17) is 14.8 Å². The van der Waals surface area contributed by atoms with E-state index in [0.717, 1.165) is 5.56 Å². The van der Waals surface area contributed by atoms with Gasteiger partial charge < -0.3 is 19.9 Å². The zero-order chi connectivity index (χ0) is 21.3. The molecule has 0 spiro atoms. The average molecular weight is 412 g/mol. The van der Waals surface area contributed by atoms with Gasteiger partial charge in [0.25, 0.3) is 0 Å². The van der Waals surface area contributed by atoms with Gasteiger partial charge in [-0.25, -0.2) is 10.0 Å². The molecule has 0 amide bonds. The number of nitrogens with one attached hydrogen (secondary N) is 1. The quantitative estimate of drug-likeness (QED) is 0.438. The fourth-order valence-corrected chi connectivity index (χ4v) is 3.58. The Morgan fingerprint density at radius 1 is 1.27 bits per heavy atom. The summed E-state index contributed by atoms with van der Waals surface area (Å²) in [5, 5.41) is 42.5. The van der Waals surface area contributed by atoms with Gasteiger partial charge in [-0.2, -0.15) is 10.2 Å². The molecule has 1 unspecified atom stereocenters. The Morgan fingerprint density at radius 2 is 2.03 bits per heavy atom. The number of likely N-dealkylation sites (tertiary alicyclic amines) is 1. The van der Waals surface area contributed by atoms with Crippen molar-refractivity contribution in [3.8, 4) is 11.4 Å². The summed E-state index contributed by atoms with van der Waals surface area (Å²) in [4.78, 5) is 17.4. The number of aliphatic hydroxyl groups is 1. The molecule has 10 nitrogen and oxygen atoms in total. The third-order valence-corrected chi connectivity index (χ3v) is 5.06. The number of β-amino-alcohol motifs (C(OH)–C–C–N with tert-alkyl or cyclic N) is 1. The summed E-state index contributed by atoms with van der Waals surface area (Å²) in [6, 6.07) is 12.5. The predicted octanol–water partition coefficient (Wildman–Crippen LogP) is 1.15. The van der Waals surface area contributed by atoms with Crippen LogP contribution >= 0.6 is 0 Å². The van der Waals surface area contributed by atoms with E-state index in [1.807, 2.05) is 4.90 Å². The Bertz CT molecular complexity index is 1040. The maximum Gasteiger partial charge on any atom is 0.335 e. The lowest BCUT2D eigenvalue weighted by molar-refractivity contribution is -0.991. The molecule has 0 bridgehead atoms. The number of quaternary nitrogens is 1. The molecule has 3 aromatic rings. The molecule has 1 aliphatic heterocycles. The largest absolute Gasteiger partial charge is 0.595 e. The highest BCUT2D eigenvalue weighted by Gasteiger charge is 2.36. The molecule has 4 N–H and O–H groups in total. The predicted molar refractivity (Wildman–Crippen MR) is 103 cm³/mol. The minimum atomic E-state index is -1.04. The summed E-state index contributed by atoms with van der Waals surface area (Å²) in [7, 11) is 0. The molecule has 4 rings (SSSR count). The van der Waals surface area contributed by atoms with E-state index in [-0.39, 0.29) is 23.1 Å². The van der Waals surface area contributed by atoms with E-state index in [0.29, 0.717) is 31.0 Å². The van der Waals surface area contributed by atoms with Gasteiger partial charge in [-0.05, 0) is 24.1 Å². The van der Waals surface area contributed by atoms with Gasteiger partial charge in [-0.3, -0.25) is 4.90 Å². The second-order valence-corrected chi connectivity index (χ2v) is 7.18. The second-order valence-electron chi connectivity index (χ2n) is 7.18. The molecular weight excluding hydrogens is 392 g/mol. The first-order chi connectivity index (χ1) is 14.4. The number of hydrogen-bond acceptors (Lipinski definition) is 8. The van der Waals surface area contributed by atoms with Gasteiger partial charge >= 0.3 is 5.97 Å². The SMILES string of the molecule is O=C(O)c1ccc(CN2C[C@H](O)C[C@H]2c2nc(-c3cccc([NH+]([O-])O)c3)no2)cc1. The van der Waals surface area contributed by atoms with Crippen LogP contribution < -0.4 is 5.23 Å². The highest BCUT2D eigenvalue weighted by atomic mass is 16.8. The molecule has 1 aliphatic rings. The van der Waals surface area contributed by atoms with E-state index < -0.39 is 17.3 Å². The van der Waals surface area contributed by atoms with Crippen LogP contribution in [-0.2, 0) is 6.54 Å². The van der Waals surface area contributed by atoms with E-state index in [2.05, 4.69) is 10.1 Å². The smallest absolute Gasteiger partial charge is 0.335 e. The number of aromatic nitrogens is 2. The topological polar surface area (TPSA) is 147 Å². The van der Waals surface area contributed by atoms with Gasteiger partial charge in [0, 0.05) is 30.8 Å². The van der Waals surface area contributed by atoms with Gasteiger partial charge in [0.1, 0.15) is 0 Å². The zero-order valence-corrected chi connectivity index (χ0v) is 15.8. The summed E-state index contributed by atoms with van der Waals surface area (Å²) in [5.41, 5.74) is 1.76. The Balaban J connectivity index is 1.54. The Kier molecular flexibility index (Phi) is 5.57. The van der Waals surface area contributed by atoms with Crippen LogP contribution in [0.2, 0.25) is 0 Å². The lowest BCUT2D eigenvalue weighted by Crippen LogP contribution is -2.99. The van der Waals surface area contributed by atoms with Gasteiger partial charge in [-0.15, -0.1) is 0 Å². The van der Waals surface area contributed by atoms with Crippen molar-refractivity contribution >= 4 is 11.7 Å². The second kappa shape index (κ2) is 8.30. The third kappa shape index (κ3) is 4.22. The van der Waals surface area contributed by atoms with E-state index in [1.54, 1.807) is 36.4 Å². The maximum atomic E-state index is 11.2. The fraction of sp³-hybridized carbons (Fsp3) is 0.250. The van der Waals surface area contributed by atoms with Crippen molar-refractivity contribution in [3.63, 3.8) is 0 Å². The van der Waals surface area contributed by atoms with Crippen molar-refractivity contribution in [2.45, 2.75) is 25.1 Å². The molecule has 1 saturated heterocycles. The summed E-state index contributed by atoms with van der Waals surface area (Å²) < 4.78 is 5.43. The number of hydrogen-bond donors (Lipinski definition) is 4. The number of carboxylic acids is 1. The molecule has 10 heteroatoms. The van der Waals surface area contributed by atoms with Crippen LogP contribution in [0, 0.1) is 5.21 Å². The first kappa shape index (κ1) is 20.1. The molecule has 3 atom stereocenters. The number of aromatic carboxylic acids is 1. The number of aliphatic hydroxyl groups excluding tert-OH is 1. The summed E-state index contributed by atoms with van der Waals surface area (Å²) in [6.07, 6.45) is -0.136. The van der Waals surface area contributed by atoms with Crippen molar-refractivity contribution < 1.29 is 30.0 Å². The van der Waals surface area contributed by atoms with Gasteiger partial charge in [-0.1, -0.05) is 29.4 Å². The number of benzene rings is 2. The average Bonchev–Trinajstić information content (AvgIpc) is 3.35. The lowest BCUT2D eigenvalue weighted by atomic mass is 10.1.